The summed E-state index contributed by atoms with van der Waals surface area (Å²) in [4.78, 5) is 32.8. The summed E-state index contributed by atoms with van der Waals surface area (Å²) in [7, 11) is 0. The molecule has 3 aromatic rings. The molecule has 0 aliphatic carbocycles. The van der Waals surface area contributed by atoms with E-state index in [4.69, 9.17) is 0 Å². The minimum Gasteiger partial charge on any atom is -0.368 e. The Hall–Kier alpha value is -3.44. The topological polar surface area (TPSA) is 43.9 Å². The van der Waals surface area contributed by atoms with Gasteiger partial charge in [0, 0.05) is 49.7 Å². The largest absolute Gasteiger partial charge is 0.368 e. The first-order chi connectivity index (χ1) is 17.1. The molecule has 1 atom stereocenters. The van der Waals surface area contributed by atoms with Gasteiger partial charge in [-0.2, -0.15) is 0 Å². The minimum atomic E-state index is -0.660. The molecule has 0 aromatic heterocycles. The first-order valence-corrected chi connectivity index (χ1v) is 12.6. The van der Waals surface area contributed by atoms with Crippen LogP contribution in [0.15, 0.2) is 78.9 Å². The van der Waals surface area contributed by atoms with Crippen LogP contribution in [0.2, 0.25) is 0 Å². The number of Topliss-reactive ketones (excluding diaryl/α,β-unsaturated/α-hetero) is 1. The molecule has 1 amide bonds. The quantitative estimate of drug-likeness (QED) is 0.470. The number of nitrogens with zero attached hydrogens (tertiary/aromatic N) is 3. The van der Waals surface area contributed by atoms with Crippen molar-refractivity contribution in [3.8, 4) is 0 Å². The van der Waals surface area contributed by atoms with Crippen LogP contribution >= 0.6 is 0 Å². The van der Waals surface area contributed by atoms with Crippen LogP contribution in [0, 0.1) is 0 Å². The fourth-order valence-corrected chi connectivity index (χ4v) is 5.81. The SMILES string of the molecule is CCN1C(=O)C(CCN2CCN(c3ccccc3C(C)=O)CC2)(c2ccccc2)c2ccccc21. The fraction of sp³-hybridized carbons (Fsp3) is 0.333. The van der Waals surface area contributed by atoms with Crippen molar-refractivity contribution < 1.29 is 9.59 Å². The van der Waals surface area contributed by atoms with E-state index in [0.717, 1.165) is 67.2 Å². The average molecular weight is 468 g/mol. The van der Waals surface area contributed by atoms with Gasteiger partial charge in [-0.3, -0.25) is 14.5 Å². The number of likely N-dealkylation sites (N-methyl/N-ethyl adjacent to an activating group) is 1. The first kappa shape index (κ1) is 23.3. The lowest BCUT2D eigenvalue weighted by molar-refractivity contribution is -0.122. The van der Waals surface area contributed by atoms with Gasteiger partial charge in [-0.05, 0) is 56.1 Å². The summed E-state index contributed by atoms with van der Waals surface area (Å²) in [6.45, 7) is 8.74. The molecule has 180 valence electrons. The number of amides is 1. The maximum absolute atomic E-state index is 14.0. The van der Waals surface area contributed by atoms with E-state index in [1.165, 1.54) is 0 Å². The van der Waals surface area contributed by atoms with Crippen molar-refractivity contribution in [1.82, 2.24) is 4.90 Å². The number of rotatable bonds is 7. The Balaban J connectivity index is 1.37. The molecule has 35 heavy (non-hydrogen) atoms. The van der Waals surface area contributed by atoms with E-state index < -0.39 is 5.41 Å². The number of piperazine rings is 1. The Labute approximate surface area is 208 Å². The summed E-state index contributed by atoms with van der Waals surface area (Å²) in [5.74, 6) is 0.285. The lowest BCUT2D eigenvalue weighted by Gasteiger charge is -2.38. The summed E-state index contributed by atoms with van der Waals surface area (Å²) >= 11 is 0. The maximum Gasteiger partial charge on any atom is 0.242 e. The van der Waals surface area contributed by atoms with E-state index in [9.17, 15) is 9.59 Å². The summed E-state index contributed by atoms with van der Waals surface area (Å²) in [5, 5.41) is 0. The van der Waals surface area contributed by atoms with Crippen molar-refractivity contribution in [2.24, 2.45) is 0 Å². The Kier molecular flexibility index (Phi) is 6.44. The highest BCUT2D eigenvalue weighted by Crippen LogP contribution is 2.48. The molecule has 5 nitrogen and oxygen atoms in total. The molecular formula is C30H33N3O2. The number of hydrogen-bond acceptors (Lipinski definition) is 4. The monoisotopic (exact) mass is 467 g/mol. The van der Waals surface area contributed by atoms with Crippen molar-refractivity contribution >= 4 is 23.1 Å². The number of hydrogen-bond donors (Lipinski definition) is 0. The Morgan fingerprint density at radius 2 is 1.46 bits per heavy atom. The number of anilines is 2. The van der Waals surface area contributed by atoms with Gasteiger partial charge in [-0.15, -0.1) is 0 Å². The molecule has 1 fully saturated rings. The van der Waals surface area contributed by atoms with Crippen LogP contribution in [0.5, 0.6) is 0 Å². The van der Waals surface area contributed by atoms with Gasteiger partial charge in [-0.1, -0.05) is 60.7 Å². The van der Waals surface area contributed by atoms with Gasteiger partial charge < -0.3 is 9.80 Å². The second kappa shape index (κ2) is 9.67. The second-order valence-corrected chi connectivity index (χ2v) is 9.49. The maximum atomic E-state index is 14.0. The molecule has 0 spiro atoms. The molecule has 5 heteroatoms. The molecule has 2 aliphatic heterocycles. The number of fused-ring (bicyclic) bond motifs is 1. The van der Waals surface area contributed by atoms with Gasteiger partial charge in [0.05, 0.1) is 0 Å². The molecule has 2 heterocycles. The van der Waals surface area contributed by atoms with Crippen LogP contribution in [0.25, 0.3) is 0 Å². The average Bonchev–Trinajstić information content (AvgIpc) is 3.16. The molecule has 0 radical (unpaired) electrons. The molecule has 0 N–H and O–H groups in total. The van der Waals surface area contributed by atoms with Gasteiger partial charge in [0.25, 0.3) is 0 Å². The van der Waals surface area contributed by atoms with Crippen molar-refractivity contribution in [3.05, 3.63) is 95.6 Å². The van der Waals surface area contributed by atoms with Crippen molar-refractivity contribution in [3.63, 3.8) is 0 Å². The van der Waals surface area contributed by atoms with Crippen LogP contribution < -0.4 is 9.80 Å². The third kappa shape index (κ3) is 4.04. The van der Waals surface area contributed by atoms with Crippen LogP contribution in [-0.4, -0.2) is 55.9 Å². The summed E-state index contributed by atoms with van der Waals surface area (Å²) in [6, 6.07) is 26.4. The molecule has 1 saturated heterocycles. The van der Waals surface area contributed by atoms with Gasteiger partial charge >= 0.3 is 0 Å². The van der Waals surface area contributed by atoms with E-state index in [-0.39, 0.29) is 11.7 Å². The lowest BCUT2D eigenvalue weighted by atomic mass is 9.72. The first-order valence-electron chi connectivity index (χ1n) is 12.6. The number of ketones is 1. The molecule has 0 saturated carbocycles. The molecule has 2 aliphatic rings. The third-order valence-electron chi connectivity index (χ3n) is 7.65. The zero-order valence-corrected chi connectivity index (χ0v) is 20.6. The molecule has 3 aromatic carbocycles. The minimum absolute atomic E-state index is 0.103. The number of carbonyl (C=O) groups is 2. The van der Waals surface area contributed by atoms with Crippen molar-refractivity contribution in [2.75, 3.05) is 49.1 Å². The molecule has 5 rings (SSSR count). The van der Waals surface area contributed by atoms with Gasteiger partial charge in [-0.25, -0.2) is 0 Å². The molecule has 0 bridgehead atoms. The highest BCUT2D eigenvalue weighted by Gasteiger charge is 2.51. The number of para-hydroxylation sites is 2. The highest BCUT2D eigenvalue weighted by molar-refractivity contribution is 6.10. The summed E-state index contributed by atoms with van der Waals surface area (Å²) in [6.07, 6.45) is 0.743. The second-order valence-electron chi connectivity index (χ2n) is 9.49. The molecule has 1 unspecified atom stereocenters. The Morgan fingerprint density at radius 1 is 0.829 bits per heavy atom. The van der Waals surface area contributed by atoms with Crippen molar-refractivity contribution in [2.45, 2.75) is 25.7 Å². The van der Waals surface area contributed by atoms with Crippen molar-refractivity contribution in [1.29, 1.82) is 0 Å². The normalized spacial score (nSPS) is 20.2. The van der Waals surface area contributed by atoms with Gasteiger partial charge in [0.15, 0.2) is 5.78 Å². The predicted molar refractivity (Wildman–Crippen MR) is 141 cm³/mol. The van der Waals surface area contributed by atoms with Crippen LogP contribution in [-0.2, 0) is 10.2 Å². The van der Waals surface area contributed by atoms with E-state index in [2.05, 4.69) is 34.1 Å². The Bertz CT molecular complexity index is 1220. The fourth-order valence-electron chi connectivity index (χ4n) is 5.81. The Morgan fingerprint density at radius 3 is 2.14 bits per heavy atom. The highest BCUT2D eigenvalue weighted by atomic mass is 16.2. The van der Waals surface area contributed by atoms with E-state index in [0.29, 0.717) is 6.54 Å². The number of benzene rings is 3. The standard InChI is InChI=1S/C30H33N3O2/c1-3-33-28-16-10-8-14-26(28)30(29(33)35,24-11-5-4-6-12-24)17-18-31-19-21-32(22-20-31)27-15-9-7-13-25(27)23(2)34/h4-16H,3,17-22H2,1-2H3. The van der Waals surface area contributed by atoms with Crippen LogP contribution in [0.4, 0.5) is 11.4 Å². The van der Waals surface area contributed by atoms with E-state index in [1.807, 2.05) is 66.4 Å². The van der Waals surface area contributed by atoms with E-state index in [1.54, 1.807) is 6.92 Å². The van der Waals surface area contributed by atoms with E-state index >= 15 is 0 Å². The van der Waals surface area contributed by atoms with Crippen LogP contribution in [0.3, 0.4) is 0 Å². The zero-order valence-electron chi connectivity index (χ0n) is 20.6. The number of carbonyl (C=O) groups excluding carboxylic acids is 2. The summed E-state index contributed by atoms with van der Waals surface area (Å²) in [5.41, 5.74) is 4.38. The summed E-state index contributed by atoms with van der Waals surface area (Å²) < 4.78 is 0. The zero-order chi connectivity index (χ0) is 24.4. The molecular weight excluding hydrogens is 434 g/mol. The third-order valence-corrected chi connectivity index (χ3v) is 7.65. The van der Waals surface area contributed by atoms with Gasteiger partial charge in [0.1, 0.15) is 5.41 Å². The smallest absolute Gasteiger partial charge is 0.242 e. The van der Waals surface area contributed by atoms with Crippen LogP contribution in [0.1, 0.15) is 41.8 Å². The van der Waals surface area contributed by atoms with Gasteiger partial charge in [0.2, 0.25) is 5.91 Å². The lowest BCUT2D eigenvalue weighted by Crippen LogP contribution is -2.49. The predicted octanol–water partition coefficient (Wildman–Crippen LogP) is 4.75.